The molecule has 0 nitrogen and oxygen atoms in total. The number of rotatable bonds is 4. The molecule has 0 heteroatoms. The van der Waals surface area contributed by atoms with E-state index in [4.69, 9.17) is 0 Å². The van der Waals surface area contributed by atoms with Crippen LogP contribution in [0.15, 0.2) is 54.6 Å². The monoisotopic (exact) mass is 252 g/mol. The molecule has 19 heavy (non-hydrogen) atoms. The van der Waals surface area contributed by atoms with E-state index in [1.165, 1.54) is 16.7 Å². The smallest absolute Gasteiger partial charge is 0.0230 e. The Morgan fingerprint density at radius 2 is 1.26 bits per heavy atom. The van der Waals surface area contributed by atoms with Crippen LogP contribution in [0.1, 0.15) is 37.5 Å². The molecule has 0 unspecified atom stereocenters. The minimum Gasteiger partial charge on any atom is -0.0622 e. The fourth-order valence-electron chi connectivity index (χ4n) is 2.44. The second kappa shape index (κ2) is 6.06. The Labute approximate surface area is 117 Å². The highest BCUT2D eigenvalue weighted by molar-refractivity contribution is 5.26. The van der Waals surface area contributed by atoms with Crippen molar-refractivity contribution < 1.29 is 0 Å². The Morgan fingerprint density at radius 3 is 1.95 bits per heavy atom. The SMILES string of the molecule is CC(C)(C)Cc1cccc(CCc2ccccc2)c1. The zero-order valence-corrected chi connectivity index (χ0v) is 12.3. The van der Waals surface area contributed by atoms with Crippen molar-refractivity contribution in [3.8, 4) is 0 Å². The Hall–Kier alpha value is -1.56. The summed E-state index contributed by atoms with van der Waals surface area (Å²) in [4.78, 5) is 0. The third-order valence-corrected chi connectivity index (χ3v) is 3.27. The van der Waals surface area contributed by atoms with Gasteiger partial charge in [0.25, 0.3) is 0 Å². The first-order chi connectivity index (χ1) is 9.03. The molecule has 0 aliphatic rings. The number of aryl methyl sites for hydroxylation is 2. The van der Waals surface area contributed by atoms with Gasteiger partial charge in [-0.3, -0.25) is 0 Å². The molecule has 0 N–H and O–H groups in total. The fourth-order valence-corrected chi connectivity index (χ4v) is 2.44. The number of hydrogen-bond acceptors (Lipinski definition) is 0. The molecule has 0 amide bonds. The Balaban J connectivity index is 1.99. The average Bonchev–Trinajstić information content (AvgIpc) is 2.36. The molecule has 0 saturated carbocycles. The van der Waals surface area contributed by atoms with Gasteiger partial charge in [-0.15, -0.1) is 0 Å². The first-order valence-corrected chi connectivity index (χ1v) is 7.15. The molecule has 0 spiro atoms. The largest absolute Gasteiger partial charge is 0.0622 e. The molecule has 2 rings (SSSR count). The Bertz CT molecular complexity index is 503. The van der Waals surface area contributed by atoms with Crippen LogP contribution in [-0.2, 0) is 19.3 Å². The van der Waals surface area contributed by atoms with E-state index < -0.39 is 0 Å². The lowest BCUT2D eigenvalue weighted by atomic mass is 9.87. The summed E-state index contributed by atoms with van der Waals surface area (Å²) in [5.74, 6) is 0. The third-order valence-electron chi connectivity index (χ3n) is 3.27. The minimum absolute atomic E-state index is 0.359. The lowest BCUT2D eigenvalue weighted by molar-refractivity contribution is 0.411. The predicted molar refractivity (Wildman–Crippen MR) is 83.5 cm³/mol. The highest BCUT2D eigenvalue weighted by Gasteiger charge is 2.11. The van der Waals surface area contributed by atoms with Gasteiger partial charge in [-0.1, -0.05) is 75.4 Å². The van der Waals surface area contributed by atoms with E-state index in [2.05, 4.69) is 75.4 Å². The Morgan fingerprint density at radius 1 is 0.684 bits per heavy atom. The fraction of sp³-hybridized carbons (Fsp3) is 0.368. The second-order valence-electron chi connectivity index (χ2n) is 6.54. The van der Waals surface area contributed by atoms with E-state index in [9.17, 15) is 0 Å². The van der Waals surface area contributed by atoms with Crippen molar-refractivity contribution in [2.24, 2.45) is 5.41 Å². The summed E-state index contributed by atoms with van der Waals surface area (Å²) in [5, 5.41) is 0. The molecule has 100 valence electrons. The first-order valence-electron chi connectivity index (χ1n) is 7.15. The van der Waals surface area contributed by atoms with Crippen molar-refractivity contribution in [1.82, 2.24) is 0 Å². The van der Waals surface area contributed by atoms with E-state index in [0.717, 1.165) is 19.3 Å². The van der Waals surface area contributed by atoms with Gasteiger partial charge in [-0.05, 0) is 41.4 Å². The molecular weight excluding hydrogens is 228 g/mol. The molecule has 0 radical (unpaired) electrons. The molecule has 0 fully saturated rings. The Kier molecular flexibility index (Phi) is 4.42. The first kappa shape index (κ1) is 13.9. The third kappa shape index (κ3) is 4.90. The highest BCUT2D eigenvalue weighted by atomic mass is 14.2. The molecule has 0 bridgehead atoms. The van der Waals surface area contributed by atoms with Crippen molar-refractivity contribution >= 4 is 0 Å². The van der Waals surface area contributed by atoms with E-state index in [1.54, 1.807) is 0 Å². The normalized spacial score (nSPS) is 11.5. The van der Waals surface area contributed by atoms with Gasteiger partial charge in [-0.25, -0.2) is 0 Å². The summed E-state index contributed by atoms with van der Waals surface area (Å²) in [6.45, 7) is 6.89. The van der Waals surface area contributed by atoms with Gasteiger partial charge in [0.05, 0.1) is 0 Å². The number of benzene rings is 2. The van der Waals surface area contributed by atoms with Crippen LogP contribution in [0.2, 0.25) is 0 Å². The van der Waals surface area contributed by atoms with Crippen molar-refractivity contribution in [3.05, 3.63) is 71.3 Å². The van der Waals surface area contributed by atoms with Crippen LogP contribution in [-0.4, -0.2) is 0 Å². The zero-order chi connectivity index (χ0) is 13.7. The minimum atomic E-state index is 0.359. The summed E-state index contributed by atoms with van der Waals surface area (Å²) < 4.78 is 0. The van der Waals surface area contributed by atoms with Crippen molar-refractivity contribution in [2.75, 3.05) is 0 Å². The van der Waals surface area contributed by atoms with Gasteiger partial charge >= 0.3 is 0 Å². The van der Waals surface area contributed by atoms with Gasteiger partial charge in [0.15, 0.2) is 0 Å². The lowest BCUT2D eigenvalue weighted by Gasteiger charge is -2.18. The van der Waals surface area contributed by atoms with Crippen LogP contribution in [0.4, 0.5) is 0 Å². The molecule has 0 aliphatic carbocycles. The van der Waals surface area contributed by atoms with Crippen molar-refractivity contribution in [2.45, 2.75) is 40.0 Å². The van der Waals surface area contributed by atoms with Crippen LogP contribution in [0.25, 0.3) is 0 Å². The van der Waals surface area contributed by atoms with Gasteiger partial charge in [0, 0.05) is 0 Å². The van der Waals surface area contributed by atoms with Crippen LogP contribution in [0, 0.1) is 5.41 Å². The maximum atomic E-state index is 2.37. The number of hydrogen-bond donors (Lipinski definition) is 0. The topological polar surface area (TPSA) is 0 Å². The maximum absolute atomic E-state index is 2.37. The lowest BCUT2D eigenvalue weighted by Crippen LogP contribution is -2.09. The van der Waals surface area contributed by atoms with Gasteiger partial charge in [0.1, 0.15) is 0 Å². The molecule has 2 aromatic rings. The van der Waals surface area contributed by atoms with Crippen LogP contribution in [0.3, 0.4) is 0 Å². The van der Waals surface area contributed by atoms with Gasteiger partial charge in [-0.2, -0.15) is 0 Å². The van der Waals surface area contributed by atoms with Gasteiger partial charge in [0.2, 0.25) is 0 Å². The van der Waals surface area contributed by atoms with Crippen LogP contribution >= 0.6 is 0 Å². The molecular formula is C19H24. The molecule has 0 heterocycles. The summed E-state index contributed by atoms with van der Waals surface area (Å²) in [6.07, 6.45) is 3.40. The quantitative estimate of drug-likeness (QED) is 0.713. The average molecular weight is 252 g/mol. The summed E-state index contributed by atoms with van der Waals surface area (Å²) in [7, 11) is 0. The van der Waals surface area contributed by atoms with E-state index in [0.29, 0.717) is 5.41 Å². The van der Waals surface area contributed by atoms with Crippen molar-refractivity contribution in [3.63, 3.8) is 0 Å². The molecule has 0 aromatic heterocycles. The van der Waals surface area contributed by atoms with Crippen molar-refractivity contribution in [1.29, 1.82) is 0 Å². The van der Waals surface area contributed by atoms with E-state index in [-0.39, 0.29) is 0 Å². The zero-order valence-electron chi connectivity index (χ0n) is 12.3. The molecule has 0 atom stereocenters. The van der Waals surface area contributed by atoms with E-state index >= 15 is 0 Å². The van der Waals surface area contributed by atoms with Gasteiger partial charge < -0.3 is 0 Å². The van der Waals surface area contributed by atoms with Crippen LogP contribution in [0.5, 0.6) is 0 Å². The molecule has 0 aliphatic heterocycles. The predicted octanol–water partition coefficient (Wildman–Crippen LogP) is 5.06. The molecule has 0 saturated heterocycles. The highest BCUT2D eigenvalue weighted by Crippen LogP contribution is 2.21. The standard InChI is InChI=1S/C19H24/c1-19(2,3)15-18-11-7-10-17(14-18)13-12-16-8-5-4-6-9-16/h4-11,14H,12-13,15H2,1-3H3. The second-order valence-corrected chi connectivity index (χ2v) is 6.54. The van der Waals surface area contributed by atoms with E-state index in [1.807, 2.05) is 0 Å². The van der Waals surface area contributed by atoms with Crippen LogP contribution < -0.4 is 0 Å². The summed E-state index contributed by atoms with van der Waals surface area (Å²) >= 11 is 0. The summed E-state index contributed by atoms with van der Waals surface area (Å²) in [6, 6.07) is 19.8. The summed E-state index contributed by atoms with van der Waals surface area (Å²) in [5.41, 5.74) is 4.69. The maximum Gasteiger partial charge on any atom is -0.0230 e. The molecule has 2 aromatic carbocycles.